The standard InChI is InChI=1S/C11H25N3O3S/c1-6-9-14(10-11(15)12(4)5)18(16,17)13(7-2)8-3/h6-10H2,1-5H3. The number of carbonyl (C=O) groups is 1. The monoisotopic (exact) mass is 279 g/mol. The number of hydrogen-bond donors (Lipinski definition) is 0. The van der Waals surface area contributed by atoms with Gasteiger partial charge in [-0.15, -0.1) is 0 Å². The van der Waals surface area contributed by atoms with Crippen LogP contribution in [0.5, 0.6) is 0 Å². The molecule has 0 fully saturated rings. The van der Waals surface area contributed by atoms with Crippen LogP contribution in [-0.2, 0) is 15.0 Å². The molecule has 0 aliphatic heterocycles. The highest BCUT2D eigenvalue weighted by Crippen LogP contribution is 2.09. The van der Waals surface area contributed by atoms with Crippen molar-refractivity contribution in [1.82, 2.24) is 13.5 Å². The van der Waals surface area contributed by atoms with Gasteiger partial charge >= 0.3 is 0 Å². The van der Waals surface area contributed by atoms with Crippen molar-refractivity contribution in [2.24, 2.45) is 0 Å². The van der Waals surface area contributed by atoms with Gasteiger partial charge in [-0.3, -0.25) is 4.79 Å². The Balaban J connectivity index is 5.04. The molecule has 0 aromatic rings. The van der Waals surface area contributed by atoms with E-state index in [1.54, 1.807) is 27.9 Å². The summed E-state index contributed by atoms with van der Waals surface area (Å²) in [6, 6.07) is 0. The second-order valence-electron chi connectivity index (χ2n) is 4.21. The summed E-state index contributed by atoms with van der Waals surface area (Å²) < 4.78 is 27.3. The van der Waals surface area contributed by atoms with Gasteiger partial charge in [0.25, 0.3) is 10.2 Å². The summed E-state index contributed by atoms with van der Waals surface area (Å²) in [5.41, 5.74) is 0. The molecule has 1 amide bonds. The Morgan fingerprint density at radius 3 is 1.83 bits per heavy atom. The average molecular weight is 279 g/mol. The van der Waals surface area contributed by atoms with Crippen LogP contribution in [0.25, 0.3) is 0 Å². The number of hydrogen-bond acceptors (Lipinski definition) is 3. The van der Waals surface area contributed by atoms with Gasteiger partial charge in [0.05, 0.1) is 6.54 Å². The fourth-order valence-electron chi connectivity index (χ4n) is 1.53. The van der Waals surface area contributed by atoms with Crippen molar-refractivity contribution in [1.29, 1.82) is 0 Å². The highest BCUT2D eigenvalue weighted by Gasteiger charge is 2.28. The molecule has 0 rings (SSSR count). The number of carbonyl (C=O) groups excluding carboxylic acids is 1. The second-order valence-corrected chi connectivity index (χ2v) is 6.14. The summed E-state index contributed by atoms with van der Waals surface area (Å²) in [5, 5.41) is 0. The smallest absolute Gasteiger partial charge is 0.282 e. The van der Waals surface area contributed by atoms with Crippen LogP contribution in [-0.4, -0.2) is 68.1 Å². The van der Waals surface area contributed by atoms with Gasteiger partial charge in [-0.25, -0.2) is 0 Å². The molecule has 0 saturated heterocycles. The Labute approximate surface area is 111 Å². The van der Waals surface area contributed by atoms with Gasteiger partial charge in [-0.05, 0) is 6.42 Å². The zero-order valence-corrected chi connectivity index (χ0v) is 12.8. The molecule has 0 spiro atoms. The number of likely N-dealkylation sites (N-methyl/N-ethyl adjacent to an activating group) is 1. The van der Waals surface area contributed by atoms with Crippen LogP contribution >= 0.6 is 0 Å². The lowest BCUT2D eigenvalue weighted by Gasteiger charge is -2.28. The predicted octanol–water partition coefficient (Wildman–Crippen LogP) is 0.373. The molecule has 0 radical (unpaired) electrons. The van der Waals surface area contributed by atoms with Crippen LogP contribution in [0.15, 0.2) is 0 Å². The molecule has 0 aliphatic carbocycles. The van der Waals surface area contributed by atoms with Crippen molar-refractivity contribution in [2.75, 3.05) is 40.3 Å². The fraction of sp³-hybridized carbons (Fsp3) is 0.909. The number of amides is 1. The van der Waals surface area contributed by atoms with Crippen molar-refractivity contribution in [3.8, 4) is 0 Å². The molecule has 0 aliphatic rings. The third kappa shape index (κ3) is 4.55. The van der Waals surface area contributed by atoms with Crippen LogP contribution < -0.4 is 0 Å². The van der Waals surface area contributed by atoms with Crippen molar-refractivity contribution < 1.29 is 13.2 Å². The lowest BCUT2D eigenvalue weighted by Crippen LogP contribution is -2.47. The third-order valence-electron chi connectivity index (χ3n) is 2.64. The first-order valence-electron chi connectivity index (χ1n) is 6.26. The average Bonchev–Trinajstić information content (AvgIpc) is 2.29. The normalized spacial score (nSPS) is 12.2. The van der Waals surface area contributed by atoms with Gasteiger partial charge in [0.15, 0.2) is 0 Å². The molecule has 0 unspecified atom stereocenters. The summed E-state index contributed by atoms with van der Waals surface area (Å²) in [6.45, 7) is 6.56. The highest BCUT2D eigenvalue weighted by molar-refractivity contribution is 7.86. The summed E-state index contributed by atoms with van der Waals surface area (Å²) >= 11 is 0. The van der Waals surface area contributed by atoms with Crippen molar-refractivity contribution in [2.45, 2.75) is 27.2 Å². The first-order chi connectivity index (χ1) is 8.31. The molecule has 0 aromatic carbocycles. The minimum atomic E-state index is -3.53. The maximum atomic E-state index is 12.3. The summed E-state index contributed by atoms with van der Waals surface area (Å²) in [5.74, 6) is -0.209. The van der Waals surface area contributed by atoms with E-state index in [0.29, 0.717) is 26.1 Å². The molecule has 0 aromatic heterocycles. The zero-order valence-electron chi connectivity index (χ0n) is 12.0. The highest BCUT2D eigenvalue weighted by atomic mass is 32.2. The summed E-state index contributed by atoms with van der Waals surface area (Å²) in [7, 11) is -0.292. The van der Waals surface area contributed by atoms with Crippen LogP contribution in [0.1, 0.15) is 27.2 Å². The van der Waals surface area contributed by atoms with Crippen molar-refractivity contribution in [3.63, 3.8) is 0 Å². The Hall–Kier alpha value is -0.660. The SMILES string of the molecule is CCCN(CC(=O)N(C)C)S(=O)(=O)N(CC)CC. The van der Waals surface area contributed by atoms with E-state index in [4.69, 9.17) is 0 Å². The lowest BCUT2D eigenvalue weighted by atomic mass is 10.4. The van der Waals surface area contributed by atoms with Crippen LogP contribution in [0.3, 0.4) is 0 Å². The van der Waals surface area contributed by atoms with Crippen LogP contribution in [0.4, 0.5) is 0 Å². The molecule has 0 bridgehead atoms. The molecular weight excluding hydrogens is 254 g/mol. The molecule has 6 nitrogen and oxygen atoms in total. The van der Waals surface area contributed by atoms with Gasteiger partial charge in [-0.1, -0.05) is 20.8 Å². The number of rotatable bonds is 8. The quantitative estimate of drug-likeness (QED) is 0.645. The second kappa shape index (κ2) is 7.70. The molecule has 7 heteroatoms. The topological polar surface area (TPSA) is 60.9 Å². The molecular formula is C11H25N3O3S. The van der Waals surface area contributed by atoms with E-state index >= 15 is 0 Å². The van der Waals surface area contributed by atoms with Crippen molar-refractivity contribution in [3.05, 3.63) is 0 Å². The zero-order chi connectivity index (χ0) is 14.3. The van der Waals surface area contributed by atoms with E-state index in [2.05, 4.69) is 0 Å². The van der Waals surface area contributed by atoms with Gasteiger partial charge in [0.1, 0.15) is 0 Å². The lowest BCUT2D eigenvalue weighted by molar-refractivity contribution is -0.128. The minimum absolute atomic E-state index is 0.0975. The van der Waals surface area contributed by atoms with Crippen LogP contribution in [0, 0.1) is 0 Å². The largest absolute Gasteiger partial charge is 0.348 e. The van der Waals surface area contributed by atoms with Gasteiger partial charge in [-0.2, -0.15) is 17.0 Å². The van der Waals surface area contributed by atoms with E-state index in [9.17, 15) is 13.2 Å². The Bertz CT molecular complexity index is 351. The fourth-order valence-corrected chi connectivity index (χ4v) is 3.20. The maximum Gasteiger partial charge on any atom is 0.282 e. The van der Waals surface area contributed by atoms with Crippen molar-refractivity contribution >= 4 is 16.1 Å². The third-order valence-corrected chi connectivity index (χ3v) is 4.77. The van der Waals surface area contributed by atoms with Gasteiger partial charge < -0.3 is 4.90 Å². The Kier molecular flexibility index (Phi) is 7.42. The minimum Gasteiger partial charge on any atom is -0.348 e. The predicted molar refractivity (Wildman–Crippen MR) is 72.4 cm³/mol. The molecule has 18 heavy (non-hydrogen) atoms. The molecule has 0 heterocycles. The Morgan fingerprint density at radius 1 is 1.00 bits per heavy atom. The molecule has 0 saturated carbocycles. The molecule has 0 N–H and O–H groups in total. The van der Waals surface area contributed by atoms with E-state index in [-0.39, 0.29) is 12.5 Å². The first kappa shape index (κ1) is 17.3. The van der Waals surface area contributed by atoms with E-state index in [1.165, 1.54) is 13.5 Å². The van der Waals surface area contributed by atoms with Crippen LogP contribution in [0.2, 0.25) is 0 Å². The van der Waals surface area contributed by atoms with E-state index < -0.39 is 10.2 Å². The molecule has 0 atom stereocenters. The summed E-state index contributed by atoms with van der Waals surface area (Å²) in [6.07, 6.45) is 0.682. The first-order valence-corrected chi connectivity index (χ1v) is 7.66. The van der Waals surface area contributed by atoms with E-state index in [0.717, 1.165) is 0 Å². The van der Waals surface area contributed by atoms with Gasteiger partial charge in [0, 0.05) is 33.7 Å². The maximum absolute atomic E-state index is 12.3. The molecule has 108 valence electrons. The summed E-state index contributed by atoms with van der Waals surface area (Å²) in [4.78, 5) is 13.1. The Morgan fingerprint density at radius 2 is 1.50 bits per heavy atom. The van der Waals surface area contributed by atoms with Gasteiger partial charge in [0.2, 0.25) is 5.91 Å². The van der Waals surface area contributed by atoms with E-state index in [1.807, 2.05) is 6.92 Å². The number of nitrogens with zero attached hydrogens (tertiary/aromatic N) is 3.